The molecule has 108 valence electrons. The maximum atomic E-state index is 5.96. The van der Waals surface area contributed by atoms with E-state index in [4.69, 9.17) is 17.3 Å². The fourth-order valence-corrected chi connectivity index (χ4v) is 2.59. The maximum Gasteiger partial charge on any atom is 0.223 e. The summed E-state index contributed by atoms with van der Waals surface area (Å²) in [7, 11) is 0. The summed E-state index contributed by atoms with van der Waals surface area (Å²) in [6, 6.07) is 9.96. The number of hydrogen-bond donors (Lipinski definition) is 2. The van der Waals surface area contributed by atoms with Crippen LogP contribution in [-0.4, -0.2) is 21.5 Å². The Labute approximate surface area is 127 Å². The van der Waals surface area contributed by atoms with E-state index in [9.17, 15) is 0 Å². The lowest BCUT2D eigenvalue weighted by Crippen LogP contribution is -2.23. The van der Waals surface area contributed by atoms with Crippen LogP contribution in [-0.2, 0) is 6.54 Å². The van der Waals surface area contributed by atoms with Crippen molar-refractivity contribution in [3.63, 3.8) is 0 Å². The largest absolute Gasteiger partial charge is 0.368 e. The van der Waals surface area contributed by atoms with Crippen LogP contribution in [0.5, 0.6) is 0 Å². The van der Waals surface area contributed by atoms with Gasteiger partial charge < -0.3 is 15.6 Å². The molecule has 2 aromatic heterocycles. The maximum absolute atomic E-state index is 5.96. The van der Waals surface area contributed by atoms with Crippen LogP contribution in [0.3, 0.4) is 0 Å². The van der Waals surface area contributed by atoms with Crippen LogP contribution >= 0.6 is 11.6 Å². The molecule has 5 nitrogen and oxygen atoms in total. The number of benzene rings is 1. The van der Waals surface area contributed by atoms with Crippen molar-refractivity contribution in [1.29, 1.82) is 0 Å². The molecule has 3 aromatic rings. The minimum absolute atomic E-state index is 0.190. The molecule has 0 fully saturated rings. The number of rotatable bonds is 4. The third-order valence-corrected chi connectivity index (χ3v) is 3.63. The number of fused-ring (bicyclic) bond motifs is 1. The van der Waals surface area contributed by atoms with Crippen LogP contribution in [0.25, 0.3) is 10.9 Å². The van der Waals surface area contributed by atoms with E-state index < -0.39 is 0 Å². The predicted octanol–water partition coefficient (Wildman–Crippen LogP) is 3.22. The number of nitrogen functional groups attached to an aromatic ring is 1. The highest BCUT2D eigenvalue weighted by atomic mass is 35.5. The standard InChI is InChI=1S/C15H16ClN5/c1-2-21(14-7-13(16)19-15(17)20-14)9-10-8-18-12-6-4-3-5-11(10)12/h3-8,18H,2,9H2,1H3,(H2,17,19,20). The zero-order valence-corrected chi connectivity index (χ0v) is 12.4. The highest BCUT2D eigenvalue weighted by Crippen LogP contribution is 2.23. The predicted molar refractivity (Wildman–Crippen MR) is 86.5 cm³/mol. The SMILES string of the molecule is CCN(Cc1c[nH]c2ccccc12)c1cc(Cl)nc(N)n1. The van der Waals surface area contributed by atoms with Gasteiger partial charge in [-0.05, 0) is 18.6 Å². The first kappa shape index (κ1) is 13.7. The number of aromatic amines is 1. The van der Waals surface area contributed by atoms with Crippen molar-refractivity contribution < 1.29 is 0 Å². The number of para-hydroxylation sites is 1. The lowest BCUT2D eigenvalue weighted by molar-refractivity contribution is 0.815. The lowest BCUT2D eigenvalue weighted by atomic mass is 10.1. The molecule has 3 rings (SSSR count). The van der Waals surface area contributed by atoms with Gasteiger partial charge in [0.25, 0.3) is 0 Å². The van der Waals surface area contributed by atoms with Crippen molar-refractivity contribution in [3.05, 3.63) is 47.2 Å². The summed E-state index contributed by atoms with van der Waals surface area (Å²) in [6.07, 6.45) is 2.03. The van der Waals surface area contributed by atoms with E-state index in [0.717, 1.165) is 24.4 Å². The molecule has 0 radical (unpaired) electrons. The highest BCUT2D eigenvalue weighted by Gasteiger charge is 2.12. The van der Waals surface area contributed by atoms with E-state index in [0.29, 0.717) is 5.15 Å². The monoisotopic (exact) mass is 301 g/mol. The number of nitrogens with one attached hydrogen (secondary N) is 1. The van der Waals surface area contributed by atoms with Gasteiger partial charge in [-0.15, -0.1) is 0 Å². The first-order chi connectivity index (χ1) is 10.2. The van der Waals surface area contributed by atoms with Crippen molar-refractivity contribution in [1.82, 2.24) is 15.0 Å². The number of nitrogens with zero attached hydrogens (tertiary/aromatic N) is 3. The molecule has 0 amide bonds. The normalized spacial score (nSPS) is 11.0. The molecule has 0 aliphatic heterocycles. The molecule has 0 spiro atoms. The van der Waals surface area contributed by atoms with Gasteiger partial charge in [0.15, 0.2) is 0 Å². The number of anilines is 2. The molecule has 1 aromatic carbocycles. The zero-order chi connectivity index (χ0) is 14.8. The third-order valence-electron chi connectivity index (χ3n) is 3.44. The van der Waals surface area contributed by atoms with Crippen LogP contribution in [0.1, 0.15) is 12.5 Å². The van der Waals surface area contributed by atoms with E-state index >= 15 is 0 Å². The number of nitrogens with two attached hydrogens (primary N) is 1. The second-order valence-electron chi connectivity index (χ2n) is 4.78. The molecule has 3 N–H and O–H groups in total. The van der Waals surface area contributed by atoms with Gasteiger partial charge in [-0.25, -0.2) is 4.98 Å². The number of hydrogen-bond acceptors (Lipinski definition) is 4. The summed E-state index contributed by atoms with van der Waals surface area (Å²) in [5.74, 6) is 0.926. The minimum atomic E-state index is 0.190. The topological polar surface area (TPSA) is 70.8 Å². The molecule has 0 aliphatic rings. The zero-order valence-electron chi connectivity index (χ0n) is 11.7. The summed E-state index contributed by atoms with van der Waals surface area (Å²) in [6.45, 7) is 3.60. The van der Waals surface area contributed by atoms with Gasteiger partial charge in [-0.1, -0.05) is 29.8 Å². The average Bonchev–Trinajstić information content (AvgIpc) is 2.87. The number of aromatic nitrogens is 3. The Hall–Kier alpha value is -2.27. The summed E-state index contributed by atoms with van der Waals surface area (Å²) >= 11 is 5.96. The molecule has 0 bridgehead atoms. The Morgan fingerprint density at radius 2 is 2.10 bits per heavy atom. The molecule has 0 saturated heterocycles. The molecule has 21 heavy (non-hydrogen) atoms. The van der Waals surface area contributed by atoms with Gasteiger partial charge in [0.05, 0.1) is 0 Å². The first-order valence-corrected chi connectivity index (χ1v) is 7.15. The molecular formula is C15H16ClN5. The second kappa shape index (κ2) is 5.61. The Kier molecular flexibility index (Phi) is 3.66. The van der Waals surface area contributed by atoms with Gasteiger partial charge in [0, 0.05) is 36.3 Å². The fraction of sp³-hybridized carbons (Fsp3) is 0.200. The summed E-state index contributed by atoms with van der Waals surface area (Å²) in [4.78, 5) is 13.6. The van der Waals surface area contributed by atoms with Crippen molar-refractivity contribution >= 4 is 34.3 Å². The van der Waals surface area contributed by atoms with Gasteiger partial charge in [0.1, 0.15) is 11.0 Å². The summed E-state index contributed by atoms with van der Waals surface area (Å²) in [5.41, 5.74) is 8.01. The molecule has 6 heteroatoms. The third kappa shape index (κ3) is 2.78. The molecule has 0 atom stereocenters. The Morgan fingerprint density at radius 1 is 1.29 bits per heavy atom. The van der Waals surface area contributed by atoms with Crippen molar-refractivity contribution in [2.24, 2.45) is 0 Å². The van der Waals surface area contributed by atoms with Gasteiger partial charge in [0.2, 0.25) is 5.95 Å². The Bertz CT molecular complexity index is 747. The van der Waals surface area contributed by atoms with Crippen LogP contribution in [0.2, 0.25) is 5.15 Å². The first-order valence-electron chi connectivity index (χ1n) is 6.77. The Balaban J connectivity index is 1.94. The van der Waals surface area contributed by atoms with E-state index in [1.165, 1.54) is 10.9 Å². The van der Waals surface area contributed by atoms with Crippen LogP contribution in [0.15, 0.2) is 36.5 Å². The fourth-order valence-electron chi connectivity index (χ4n) is 2.41. The van der Waals surface area contributed by atoms with Gasteiger partial charge in [-0.2, -0.15) is 4.98 Å². The van der Waals surface area contributed by atoms with Gasteiger partial charge in [-0.3, -0.25) is 0 Å². The van der Waals surface area contributed by atoms with E-state index in [1.807, 2.05) is 18.3 Å². The van der Waals surface area contributed by atoms with Crippen LogP contribution < -0.4 is 10.6 Å². The van der Waals surface area contributed by atoms with Gasteiger partial charge >= 0.3 is 0 Å². The van der Waals surface area contributed by atoms with Crippen molar-refractivity contribution in [2.75, 3.05) is 17.2 Å². The smallest absolute Gasteiger partial charge is 0.223 e. The molecule has 2 heterocycles. The Morgan fingerprint density at radius 3 is 2.86 bits per heavy atom. The quantitative estimate of drug-likeness (QED) is 0.726. The van der Waals surface area contributed by atoms with E-state index in [2.05, 4.69) is 38.9 Å². The van der Waals surface area contributed by atoms with Crippen molar-refractivity contribution in [3.8, 4) is 0 Å². The average molecular weight is 302 g/mol. The van der Waals surface area contributed by atoms with E-state index in [-0.39, 0.29) is 5.95 Å². The molecule has 0 aliphatic carbocycles. The lowest BCUT2D eigenvalue weighted by Gasteiger charge is -2.21. The highest BCUT2D eigenvalue weighted by molar-refractivity contribution is 6.29. The molecular weight excluding hydrogens is 286 g/mol. The molecule has 0 unspecified atom stereocenters. The van der Waals surface area contributed by atoms with Crippen LogP contribution in [0.4, 0.5) is 11.8 Å². The van der Waals surface area contributed by atoms with E-state index in [1.54, 1.807) is 6.07 Å². The number of H-pyrrole nitrogens is 1. The molecule has 0 saturated carbocycles. The van der Waals surface area contributed by atoms with Crippen molar-refractivity contribution in [2.45, 2.75) is 13.5 Å². The number of halogens is 1. The minimum Gasteiger partial charge on any atom is -0.368 e. The summed E-state index contributed by atoms with van der Waals surface area (Å²) in [5, 5.41) is 1.57. The second-order valence-corrected chi connectivity index (χ2v) is 5.17. The van der Waals surface area contributed by atoms with Crippen LogP contribution in [0, 0.1) is 0 Å². The summed E-state index contributed by atoms with van der Waals surface area (Å²) < 4.78 is 0.